The smallest absolute Gasteiger partial charge is 0.431 e. The minimum absolute atomic E-state index is 0.102. The molecule has 5 rings (SSSR count). The van der Waals surface area contributed by atoms with Crippen molar-refractivity contribution in [2.24, 2.45) is 5.10 Å². The number of nitrogens with one attached hydrogen (secondary N) is 1. The summed E-state index contributed by atoms with van der Waals surface area (Å²) in [7, 11) is 1.62. The molecule has 0 spiro atoms. The van der Waals surface area contributed by atoms with Crippen molar-refractivity contribution in [2.75, 3.05) is 12.4 Å². The number of anilines is 1. The third-order valence-electron chi connectivity index (χ3n) is 6.59. The van der Waals surface area contributed by atoms with Gasteiger partial charge in [0, 0.05) is 11.3 Å². The first-order valence-corrected chi connectivity index (χ1v) is 12.7. The summed E-state index contributed by atoms with van der Waals surface area (Å²) in [5.74, 6) is 1.00. The van der Waals surface area contributed by atoms with Crippen LogP contribution < -0.4 is 14.8 Å². The Hall–Kier alpha value is -4.34. The molecular formula is C28H30N4O6. The van der Waals surface area contributed by atoms with Gasteiger partial charge in [-0.2, -0.15) is 10.1 Å². The molecule has 10 heteroatoms. The molecule has 38 heavy (non-hydrogen) atoms. The summed E-state index contributed by atoms with van der Waals surface area (Å²) in [5, 5.41) is 8.76. The molecule has 1 aromatic heterocycles. The van der Waals surface area contributed by atoms with E-state index in [1.165, 1.54) is 17.6 Å². The highest BCUT2D eigenvalue weighted by Crippen LogP contribution is 2.34. The van der Waals surface area contributed by atoms with Crippen LogP contribution in [-0.4, -0.2) is 47.0 Å². The second kappa shape index (κ2) is 11.4. The zero-order valence-electron chi connectivity index (χ0n) is 21.4. The van der Waals surface area contributed by atoms with Crippen LogP contribution in [0.2, 0.25) is 0 Å². The first kappa shape index (κ1) is 25.3. The summed E-state index contributed by atoms with van der Waals surface area (Å²) in [4.78, 5) is 28.9. The summed E-state index contributed by atoms with van der Waals surface area (Å²) < 4.78 is 22.6. The fourth-order valence-corrected chi connectivity index (χ4v) is 4.65. The third-order valence-corrected chi connectivity index (χ3v) is 6.59. The minimum Gasteiger partial charge on any atom is -0.493 e. The Balaban J connectivity index is 1.38. The maximum absolute atomic E-state index is 12.8. The van der Waals surface area contributed by atoms with Crippen molar-refractivity contribution in [2.45, 2.75) is 57.8 Å². The van der Waals surface area contributed by atoms with E-state index in [0.29, 0.717) is 29.3 Å². The molecule has 1 aliphatic heterocycles. The van der Waals surface area contributed by atoms with E-state index in [2.05, 4.69) is 10.3 Å². The molecule has 0 saturated heterocycles. The summed E-state index contributed by atoms with van der Waals surface area (Å²) in [6, 6.07) is 12.8. The van der Waals surface area contributed by atoms with Crippen molar-refractivity contribution in [3.05, 3.63) is 71.9 Å². The molecular weight excluding hydrogens is 488 g/mol. The molecule has 198 valence electrons. The molecule has 10 nitrogen and oxygen atoms in total. The lowest BCUT2D eigenvalue weighted by molar-refractivity contribution is 0.0712. The Morgan fingerprint density at radius 2 is 2.00 bits per heavy atom. The number of hydrogen-bond acceptors (Lipinski definition) is 8. The number of carbonyl (C=O) groups excluding carboxylic acids is 2. The van der Waals surface area contributed by atoms with Crippen LogP contribution >= 0.6 is 0 Å². The molecule has 2 aromatic carbocycles. The van der Waals surface area contributed by atoms with E-state index >= 15 is 0 Å². The number of nitrogens with zero attached hydrogens (tertiary/aromatic N) is 3. The molecule has 1 atom stereocenters. The van der Waals surface area contributed by atoms with Gasteiger partial charge in [-0.05, 0) is 68.0 Å². The van der Waals surface area contributed by atoms with E-state index in [0.717, 1.165) is 36.8 Å². The van der Waals surface area contributed by atoms with Crippen LogP contribution in [0.25, 0.3) is 0 Å². The van der Waals surface area contributed by atoms with Gasteiger partial charge in [-0.1, -0.05) is 19.1 Å². The molecule has 2 aliphatic rings. The molecule has 1 saturated carbocycles. The maximum Gasteiger partial charge on any atom is 0.431 e. The number of methoxy groups -OCH3 is 1. The fraction of sp³-hybridized carbons (Fsp3) is 0.357. The standard InChI is InChI=1S/C28H30N4O6/c1-3-22-26(19-11-12-23(35-2)24(14-19)37-21-9-4-5-10-21)31-32(28(34)38-22)16-18-7-6-8-20(13-18)30-27(33)25-15-29-17-36-25/h6-8,11-15,17,21-22H,3-5,9-10,16H2,1-2H3,(H,30,33). The quantitative estimate of drug-likeness (QED) is 0.404. The van der Waals surface area contributed by atoms with Crippen LogP contribution in [0.4, 0.5) is 10.5 Å². The average molecular weight is 519 g/mol. The molecule has 0 radical (unpaired) electrons. The van der Waals surface area contributed by atoms with Crippen LogP contribution in [0.5, 0.6) is 11.5 Å². The van der Waals surface area contributed by atoms with Gasteiger partial charge in [0.25, 0.3) is 5.91 Å². The van der Waals surface area contributed by atoms with Crippen molar-refractivity contribution in [1.29, 1.82) is 0 Å². The van der Waals surface area contributed by atoms with Crippen molar-refractivity contribution in [1.82, 2.24) is 9.99 Å². The Morgan fingerprint density at radius 1 is 1.16 bits per heavy atom. The number of ether oxygens (including phenoxy) is 3. The summed E-state index contributed by atoms with van der Waals surface area (Å²) in [5.41, 5.74) is 2.75. The van der Waals surface area contributed by atoms with Crippen LogP contribution in [-0.2, 0) is 11.3 Å². The zero-order chi connectivity index (χ0) is 26.5. The van der Waals surface area contributed by atoms with Crippen molar-refractivity contribution in [3.8, 4) is 11.5 Å². The maximum atomic E-state index is 12.8. The van der Waals surface area contributed by atoms with Gasteiger partial charge >= 0.3 is 6.09 Å². The van der Waals surface area contributed by atoms with Crippen molar-refractivity contribution < 1.29 is 28.2 Å². The first-order chi connectivity index (χ1) is 18.5. The minimum atomic E-state index is -0.535. The predicted molar refractivity (Wildman–Crippen MR) is 139 cm³/mol. The monoisotopic (exact) mass is 518 g/mol. The highest BCUT2D eigenvalue weighted by Gasteiger charge is 2.31. The number of carbonyl (C=O) groups is 2. The van der Waals surface area contributed by atoms with Crippen molar-refractivity contribution >= 4 is 23.4 Å². The Bertz CT molecular complexity index is 1320. The second-order valence-corrected chi connectivity index (χ2v) is 9.23. The van der Waals surface area contributed by atoms with Gasteiger partial charge in [0.1, 0.15) is 11.8 Å². The van der Waals surface area contributed by atoms with Gasteiger partial charge in [-0.25, -0.2) is 9.78 Å². The van der Waals surface area contributed by atoms with Gasteiger partial charge in [-0.3, -0.25) is 4.79 Å². The normalized spacial score (nSPS) is 17.6. The largest absolute Gasteiger partial charge is 0.493 e. The third kappa shape index (κ3) is 5.64. The van der Waals surface area contributed by atoms with Crippen LogP contribution in [0.1, 0.15) is 60.7 Å². The Labute approximate surface area is 220 Å². The van der Waals surface area contributed by atoms with Crippen molar-refractivity contribution in [3.63, 3.8) is 0 Å². The molecule has 1 unspecified atom stereocenters. The second-order valence-electron chi connectivity index (χ2n) is 9.23. The van der Waals surface area contributed by atoms with E-state index in [-0.39, 0.29) is 18.4 Å². The van der Waals surface area contributed by atoms with E-state index in [1.54, 1.807) is 25.3 Å². The highest BCUT2D eigenvalue weighted by atomic mass is 16.6. The summed E-state index contributed by atoms with van der Waals surface area (Å²) in [6.45, 7) is 2.11. The van der Waals surface area contributed by atoms with E-state index < -0.39 is 18.1 Å². The van der Waals surface area contributed by atoms with Gasteiger partial charge in [-0.15, -0.1) is 0 Å². The average Bonchev–Trinajstić information content (AvgIpc) is 3.65. The lowest BCUT2D eigenvalue weighted by Crippen LogP contribution is -2.41. The molecule has 2 amide bonds. The molecule has 0 bridgehead atoms. The molecule has 3 aromatic rings. The number of hydrogen-bond donors (Lipinski definition) is 1. The number of rotatable bonds is 9. The zero-order valence-corrected chi connectivity index (χ0v) is 21.4. The molecule has 1 N–H and O–H groups in total. The van der Waals surface area contributed by atoms with Gasteiger partial charge < -0.3 is 23.9 Å². The molecule has 1 aliphatic carbocycles. The summed E-state index contributed by atoms with van der Waals surface area (Å²) >= 11 is 0. The number of amides is 2. The van der Waals surface area contributed by atoms with E-state index in [1.807, 2.05) is 31.2 Å². The molecule has 2 heterocycles. The van der Waals surface area contributed by atoms with Gasteiger partial charge in [0.15, 0.2) is 17.9 Å². The van der Waals surface area contributed by atoms with Gasteiger partial charge in [0.05, 0.1) is 26.0 Å². The molecule has 1 fully saturated rings. The highest BCUT2D eigenvalue weighted by molar-refractivity contribution is 6.06. The van der Waals surface area contributed by atoms with Crippen LogP contribution in [0.3, 0.4) is 0 Å². The number of cyclic esters (lactones) is 1. The first-order valence-electron chi connectivity index (χ1n) is 12.7. The summed E-state index contributed by atoms with van der Waals surface area (Å²) in [6.07, 6.45) is 6.62. The van der Waals surface area contributed by atoms with Crippen LogP contribution in [0, 0.1) is 0 Å². The predicted octanol–water partition coefficient (Wildman–Crippen LogP) is 5.39. The Morgan fingerprint density at radius 3 is 2.74 bits per heavy atom. The number of hydrazone groups is 1. The lowest BCUT2D eigenvalue weighted by Gasteiger charge is -2.29. The lowest BCUT2D eigenvalue weighted by atomic mass is 10.0. The number of oxazole rings is 1. The number of aromatic nitrogens is 1. The van der Waals surface area contributed by atoms with Crippen LogP contribution in [0.15, 0.2) is 64.6 Å². The van der Waals surface area contributed by atoms with Gasteiger partial charge in [0.2, 0.25) is 5.76 Å². The fourth-order valence-electron chi connectivity index (χ4n) is 4.65. The van der Waals surface area contributed by atoms with E-state index in [4.69, 9.17) is 23.7 Å². The Kier molecular flexibility index (Phi) is 7.57. The van der Waals surface area contributed by atoms with E-state index in [9.17, 15) is 9.59 Å². The number of benzene rings is 2. The topological polar surface area (TPSA) is 115 Å². The SMILES string of the molecule is CCC1OC(=O)N(Cc2cccc(NC(=O)c3cnco3)c2)N=C1c1ccc(OC)c(OC2CCCC2)c1.